The van der Waals surface area contributed by atoms with Crippen LogP contribution in [0.3, 0.4) is 0 Å². The predicted octanol–water partition coefficient (Wildman–Crippen LogP) is 3.23. The van der Waals surface area contributed by atoms with Crippen LogP contribution in [0.4, 0.5) is 0 Å². The Morgan fingerprint density at radius 3 is 2.73 bits per heavy atom. The minimum atomic E-state index is 0.855. The Balaban J connectivity index is 1.90. The van der Waals surface area contributed by atoms with Gasteiger partial charge in [-0.05, 0) is 59.5 Å². The monoisotopic (exact) mass is 333 g/mol. The van der Waals surface area contributed by atoms with Crippen LogP contribution in [-0.2, 0) is 6.54 Å². The molecule has 0 amide bonds. The van der Waals surface area contributed by atoms with Crippen LogP contribution >= 0.6 is 34.4 Å². The van der Waals surface area contributed by atoms with Gasteiger partial charge in [-0.15, -0.1) is 0 Å². The zero-order valence-electron chi connectivity index (χ0n) is 8.95. The Hall–Kier alpha value is 0.260. The molecule has 0 spiro atoms. The van der Waals surface area contributed by atoms with Crippen LogP contribution in [0, 0.1) is 3.57 Å². The number of nitrogens with zero attached hydrogens (tertiary/aromatic N) is 1. The lowest BCUT2D eigenvalue weighted by atomic mass is 10.2. The normalized spacial score (nSPS) is 22.1. The van der Waals surface area contributed by atoms with Crippen LogP contribution in [0.25, 0.3) is 0 Å². The Morgan fingerprint density at radius 1 is 1.40 bits per heavy atom. The smallest absolute Gasteiger partial charge is 0.0234 e. The molecule has 0 aromatic heterocycles. The third-order valence-corrected chi connectivity index (χ3v) is 4.65. The molecule has 1 aromatic carbocycles. The van der Waals surface area contributed by atoms with Crippen molar-refractivity contribution >= 4 is 34.4 Å². The molecule has 1 unspecified atom stereocenters. The lowest BCUT2D eigenvalue weighted by Gasteiger charge is -2.15. The summed E-state index contributed by atoms with van der Waals surface area (Å²) >= 11 is 4.36. The topological polar surface area (TPSA) is 3.24 Å². The Labute approximate surface area is 110 Å². The average Bonchev–Trinajstić information content (AvgIpc) is 2.69. The molecule has 2 rings (SSSR count). The highest BCUT2D eigenvalue weighted by molar-refractivity contribution is 14.1. The maximum absolute atomic E-state index is 2.56. The van der Waals surface area contributed by atoms with E-state index >= 15 is 0 Å². The first-order chi connectivity index (χ1) is 7.28. The van der Waals surface area contributed by atoms with E-state index in [-0.39, 0.29) is 0 Å². The third-order valence-electron chi connectivity index (χ3n) is 2.88. The highest BCUT2D eigenvalue weighted by Gasteiger charge is 2.21. The second kappa shape index (κ2) is 5.55. The van der Waals surface area contributed by atoms with Gasteiger partial charge in [0.15, 0.2) is 0 Å². The van der Waals surface area contributed by atoms with Crippen molar-refractivity contribution in [3.05, 3.63) is 33.4 Å². The summed E-state index contributed by atoms with van der Waals surface area (Å²) in [5.41, 5.74) is 1.44. The second-order valence-corrected chi connectivity index (χ2v) is 6.39. The van der Waals surface area contributed by atoms with Crippen LogP contribution in [0.15, 0.2) is 24.3 Å². The molecular weight excluding hydrogens is 317 g/mol. The second-order valence-electron chi connectivity index (χ2n) is 4.01. The van der Waals surface area contributed by atoms with Crippen LogP contribution < -0.4 is 0 Å². The summed E-state index contributed by atoms with van der Waals surface area (Å²) in [7, 11) is 0. The van der Waals surface area contributed by atoms with Crippen molar-refractivity contribution in [3.63, 3.8) is 0 Å². The first-order valence-electron chi connectivity index (χ1n) is 5.27. The van der Waals surface area contributed by atoms with Crippen molar-refractivity contribution in [2.45, 2.75) is 18.2 Å². The van der Waals surface area contributed by atoms with Gasteiger partial charge in [0, 0.05) is 21.9 Å². The highest BCUT2D eigenvalue weighted by atomic mass is 127. The standard InChI is InChI=1S/C12H16INS/c1-15-12-6-7-14(9-12)8-10-2-4-11(13)5-3-10/h2-5,12H,6-9H2,1H3. The zero-order valence-corrected chi connectivity index (χ0v) is 11.9. The van der Waals surface area contributed by atoms with Crippen LogP contribution in [0.5, 0.6) is 0 Å². The predicted molar refractivity (Wildman–Crippen MR) is 76.4 cm³/mol. The maximum atomic E-state index is 2.56. The number of thioether (sulfide) groups is 1. The quantitative estimate of drug-likeness (QED) is 0.782. The van der Waals surface area contributed by atoms with Crippen molar-refractivity contribution in [1.82, 2.24) is 4.90 Å². The SMILES string of the molecule is CSC1CCN(Cc2ccc(I)cc2)C1. The molecule has 1 aliphatic heterocycles. The highest BCUT2D eigenvalue weighted by Crippen LogP contribution is 2.21. The Bertz CT molecular complexity index is 312. The number of halogens is 1. The summed E-state index contributed by atoms with van der Waals surface area (Å²) in [4.78, 5) is 2.56. The fourth-order valence-electron chi connectivity index (χ4n) is 1.98. The third kappa shape index (κ3) is 3.36. The van der Waals surface area contributed by atoms with Crippen molar-refractivity contribution in [1.29, 1.82) is 0 Å². The molecule has 82 valence electrons. The number of hydrogen-bond acceptors (Lipinski definition) is 2. The van der Waals surface area contributed by atoms with Gasteiger partial charge in [0.05, 0.1) is 0 Å². The van der Waals surface area contributed by atoms with E-state index in [4.69, 9.17) is 0 Å². The van der Waals surface area contributed by atoms with E-state index in [0.29, 0.717) is 0 Å². The Kier molecular flexibility index (Phi) is 4.34. The molecule has 0 N–H and O–H groups in total. The fourth-order valence-corrected chi connectivity index (χ4v) is 3.04. The van der Waals surface area contributed by atoms with E-state index in [1.54, 1.807) is 0 Å². The van der Waals surface area contributed by atoms with Gasteiger partial charge >= 0.3 is 0 Å². The van der Waals surface area contributed by atoms with Gasteiger partial charge in [-0.3, -0.25) is 4.90 Å². The molecular formula is C12H16INS. The van der Waals surface area contributed by atoms with Gasteiger partial charge in [-0.2, -0.15) is 11.8 Å². The van der Waals surface area contributed by atoms with E-state index in [2.05, 4.69) is 58.0 Å². The van der Waals surface area contributed by atoms with Crippen molar-refractivity contribution in [2.75, 3.05) is 19.3 Å². The average molecular weight is 333 g/mol. The van der Waals surface area contributed by atoms with Gasteiger partial charge in [0.25, 0.3) is 0 Å². The summed E-state index contributed by atoms with van der Waals surface area (Å²) in [6, 6.07) is 8.87. The van der Waals surface area contributed by atoms with Gasteiger partial charge in [0.1, 0.15) is 0 Å². The molecule has 1 nitrogen and oxygen atoms in total. The first-order valence-corrected chi connectivity index (χ1v) is 7.64. The van der Waals surface area contributed by atoms with Crippen LogP contribution in [0.2, 0.25) is 0 Å². The maximum Gasteiger partial charge on any atom is 0.0234 e. The van der Waals surface area contributed by atoms with Gasteiger partial charge < -0.3 is 0 Å². The van der Waals surface area contributed by atoms with Crippen LogP contribution in [0.1, 0.15) is 12.0 Å². The molecule has 1 heterocycles. The lowest BCUT2D eigenvalue weighted by molar-refractivity contribution is 0.332. The van der Waals surface area contributed by atoms with E-state index in [1.807, 2.05) is 11.8 Å². The summed E-state index contributed by atoms with van der Waals surface area (Å²) in [5.74, 6) is 0. The van der Waals surface area contributed by atoms with E-state index in [9.17, 15) is 0 Å². The lowest BCUT2D eigenvalue weighted by Crippen LogP contribution is -2.20. The van der Waals surface area contributed by atoms with Crippen molar-refractivity contribution in [2.24, 2.45) is 0 Å². The number of hydrogen-bond donors (Lipinski definition) is 0. The molecule has 1 saturated heterocycles. The minimum absolute atomic E-state index is 0.855. The fraction of sp³-hybridized carbons (Fsp3) is 0.500. The molecule has 0 bridgehead atoms. The van der Waals surface area contributed by atoms with Crippen molar-refractivity contribution < 1.29 is 0 Å². The first kappa shape index (κ1) is 11.7. The summed E-state index contributed by atoms with van der Waals surface area (Å²) in [5, 5.41) is 0.855. The zero-order chi connectivity index (χ0) is 10.7. The van der Waals surface area contributed by atoms with E-state index < -0.39 is 0 Å². The molecule has 15 heavy (non-hydrogen) atoms. The molecule has 1 aliphatic rings. The Morgan fingerprint density at radius 2 is 2.13 bits per heavy atom. The number of likely N-dealkylation sites (tertiary alicyclic amines) is 1. The molecule has 1 aromatic rings. The molecule has 0 aliphatic carbocycles. The van der Waals surface area contributed by atoms with E-state index in [0.717, 1.165) is 11.8 Å². The summed E-state index contributed by atoms with van der Waals surface area (Å²) in [6.45, 7) is 3.64. The number of benzene rings is 1. The number of rotatable bonds is 3. The molecule has 1 fully saturated rings. The molecule has 0 saturated carbocycles. The van der Waals surface area contributed by atoms with Crippen LogP contribution in [-0.4, -0.2) is 29.5 Å². The molecule has 1 atom stereocenters. The minimum Gasteiger partial charge on any atom is -0.298 e. The largest absolute Gasteiger partial charge is 0.298 e. The van der Waals surface area contributed by atoms with Gasteiger partial charge in [0.2, 0.25) is 0 Å². The summed E-state index contributed by atoms with van der Waals surface area (Å²) in [6.07, 6.45) is 3.57. The van der Waals surface area contributed by atoms with Gasteiger partial charge in [-0.1, -0.05) is 12.1 Å². The molecule has 3 heteroatoms. The van der Waals surface area contributed by atoms with Gasteiger partial charge in [-0.25, -0.2) is 0 Å². The van der Waals surface area contributed by atoms with E-state index in [1.165, 1.54) is 28.6 Å². The summed E-state index contributed by atoms with van der Waals surface area (Å²) < 4.78 is 1.32. The van der Waals surface area contributed by atoms with Crippen molar-refractivity contribution in [3.8, 4) is 0 Å². The molecule has 0 radical (unpaired) electrons.